The maximum absolute atomic E-state index is 14.0. The van der Waals surface area contributed by atoms with Gasteiger partial charge in [0.2, 0.25) is 17.7 Å². The van der Waals surface area contributed by atoms with Gasteiger partial charge in [-0.25, -0.2) is 4.79 Å². The molecule has 1 saturated heterocycles. The second kappa shape index (κ2) is 34.8. The van der Waals surface area contributed by atoms with E-state index in [4.69, 9.17) is 9.47 Å². The molecule has 6 N–H and O–H groups in total. The van der Waals surface area contributed by atoms with Crippen molar-refractivity contribution in [2.75, 3.05) is 26.2 Å². The van der Waals surface area contributed by atoms with Gasteiger partial charge in [0.15, 0.2) is 6.23 Å². The number of aliphatic hydroxyl groups excluding tert-OH is 3. The second-order valence-electron chi connectivity index (χ2n) is 17.8. The number of nitrogens with zero attached hydrogens (tertiary/aromatic N) is 1. The molecule has 13 heteroatoms. The summed E-state index contributed by atoms with van der Waals surface area (Å²) < 4.78 is 11.2. The summed E-state index contributed by atoms with van der Waals surface area (Å²) in [4.78, 5) is 53.0. The van der Waals surface area contributed by atoms with Crippen LogP contribution >= 0.6 is 0 Å². The van der Waals surface area contributed by atoms with Crippen molar-refractivity contribution in [3.8, 4) is 0 Å². The van der Waals surface area contributed by atoms with E-state index in [1.54, 1.807) is 25.7 Å². The van der Waals surface area contributed by atoms with Gasteiger partial charge in [0, 0.05) is 13.0 Å². The van der Waals surface area contributed by atoms with Gasteiger partial charge in [-0.3, -0.25) is 14.4 Å². The summed E-state index contributed by atoms with van der Waals surface area (Å²) in [5.74, 6) is -1.51. The molecule has 13 nitrogen and oxygen atoms in total. The molecule has 4 amide bonds. The Morgan fingerprint density at radius 3 is 1.60 bits per heavy atom. The Labute approximate surface area is 363 Å². The number of nitrogens with one attached hydrogen (secondary N) is 3. The first-order valence-corrected chi connectivity index (χ1v) is 23.9. The third kappa shape index (κ3) is 27.3. The Bertz CT molecular complexity index is 1160. The Kier molecular flexibility index (Phi) is 32.1. The van der Waals surface area contributed by atoms with Crippen molar-refractivity contribution >= 4 is 23.8 Å². The lowest BCUT2D eigenvalue weighted by molar-refractivity contribution is -0.231. The van der Waals surface area contributed by atoms with Crippen molar-refractivity contribution in [1.29, 1.82) is 0 Å². The first-order chi connectivity index (χ1) is 28.8. The van der Waals surface area contributed by atoms with Crippen LogP contribution in [0.3, 0.4) is 0 Å². The van der Waals surface area contributed by atoms with E-state index in [0.29, 0.717) is 19.4 Å². The van der Waals surface area contributed by atoms with Gasteiger partial charge in [-0.15, -0.1) is 0 Å². The molecular formula is C47H88N4O9. The topological polar surface area (TPSA) is 187 Å². The number of ether oxygens (including phenoxy) is 2. The summed E-state index contributed by atoms with van der Waals surface area (Å²) in [7, 11) is 0. The van der Waals surface area contributed by atoms with Gasteiger partial charge in [0.25, 0.3) is 0 Å². The molecule has 60 heavy (non-hydrogen) atoms. The van der Waals surface area contributed by atoms with Crippen LogP contribution in [0, 0.1) is 0 Å². The van der Waals surface area contributed by atoms with Crippen LogP contribution in [0.25, 0.3) is 0 Å². The zero-order valence-electron chi connectivity index (χ0n) is 38.5. The van der Waals surface area contributed by atoms with Crippen LogP contribution in [-0.4, -0.2) is 106 Å². The van der Waals surface area contributed by atoms with E-state index in [1.807, 2.05) is 0 Å². The normalized spacial score (nSPS) is 19.3. The lowest BCUT2D eigenvalue weighted by atomic mass is 9.94. The molecule has 1 heterocycles. The Hall–Kier alpha value is -2.74. The molecule has 0 spiro atoms. The van der Waals surface area contributed by atoms with E-state index >= 15 is 0 Å². The molecule has 5 atom stereocenters. The average Bonchev–Trinajstić information content (AvgIpc) is 3.21. The molecule has 1 aliphatic rings. The molecule has 0 unspecified atom stereocenters. The number of carbonyl (C=O) groups excluding carboxylic acids is 4. The van der Waals surface area contributed by atoms with E-state index in [0.717, 1.165) is 57.8 Å². The Morgan fingerprint density at radius 2 is 1.10 bits per heavy atom. The van der Waals surface area contributed by atoms with E-state index in [-0.39, 0.29) is 12.3 Å². The first kappa shape index (κ1) is 55.3. The highest BCUT2D eigenvalue weighted by atomic mass is 16.6. The SMILES string of the molecule is CCCCCCCC/C=C\CCCCCCCC(=O)N(CCCCCCCCCCCCCC)[C@@H]1O[C@H](CO)[C@@H](O)[C@H](O)[C@H]1NC(=O)CNC(=O)CNC(=O)OC(C)(C)C. The van der Waals surface area contributed by atoms with Crippen molar-refractivity contribution in [3.63, 3.8) is 0 Å². The number of aliphatic hydroxyl groups is 3. The number of carbonyl (C=O) groups is 4. The summed E-state index contributed by atoms with van der Waals surface area (Å²) in [5, 5.41) is 39.5. The predicted molar refractivity (Wildman–Crippen MR) is 239 cm³/mol. The summed E-state index contributed by atoms with van der Waals surface area (Å²) in [6, 6.07) is -1.23. The highest BCUT2D eigenvalue weighted by Crippen LogP contribution is 2.26. The van der Waals surface area contributed by atoms with Crippen LogP contribution in [0.15, 0.2) is 12.2 Å². The Morgan fingerprint density at radius 1 is 0.633 bits per heavy atom. The first-order valence-electron chi connectivity index (χ1n) is 23.9. The van der Waals surface area contributed by atoms with Gasteiger partial charge in [-0.05, 0) is 59.3 Å². The van der Waals surface area contributed by atoms with Gasteiger partial charge in [0.1, 0.15) is 36.5 Å². The summed E-state index contributed by atoms with van der Waals surface area (Å²) in [5.41, 5.74) is -0.744. The van der Waals surface area contributed by atoms with Crippen LogP contribution in [0.5, 0.6) is 0 Å². The molecule has 0 aromatic carbocycles. The molecule has 0 saturated carbocycles. The molecule has 350 valence electrons. The maximum Gasteiger partial charge on any atom is 0.408 e. The van der Waals surface area contributed by atoms with Crippen LogP contribution in [0.1, 0.15) is 202 Å². The van der Waals surface area contributed by atoms with Crippen molar-refractivity contribution in [3.05, 3.63) is 12.2 Å². The molecule has 0 aromatic heterocycles. The van der Waals surface area contributed by atoms with Crippen molar-refractivity contribution in [2.45, 2.75) is 238 Å². The molecule has 0 aliphatic carbocycles. The zero-order chi connectivity index (χ0) is 44.4. The van der Waals surface area contributed by atoms with Crippen LogP contribution in [-0.2, 0) is 23.9 Å². The fourth-order valence-electron chi connectivity index (χ4n) is 7.47. The number of rotatable bonds is 35. The molecule has 0 radical (unpaired) electrons. The largest absolute Gasteiger partial charge is 0.444 e. The van der Waals surface area contributed by atoms with Crippen molar-refractivity contribution in [2.24, 2.45) is 0 Å². The van der Waals surface area contributed by atoms with Gasteiger partial charge >= 0.3 is 6.09 Å². The van der Waals surface area contributed by atoms with E-state index in [2.05, 4.69) is 41.9 Å². The van der Waals surface area contributed by atoms with Crippen LogP contribution in [0.2, 0.25) is 0 Å². The highest BCUT2D eigenvalue weighted by molar-refractivity contribution is 5.87. The highest BCUT2D eigenvalue weighted by Gasteiger charge is 2.48. The summed E-state index contributed by atoms with van der Waals surface area (Å²) in [6.45, 7) is 8.37. The molecule has 0 bridgehead atoms. The molecule has 1 fully saturated rings. The minimum atomic E-state index is -1.56. The van der Waals surface area contributed by atoms with Gasteiger partial charge < -0.3 is 45.6 Å². The summed E-state index contributed by atoms with van der Waals surface area (Å²) >= 11 is 0. The molecular weight excluding hydrogens is 765 g/mol. The predicted octanol–water partition coefficient (Wildman–Crippen LogP) is 8.12. The molecule has 1 rings (SSSR count). The van der Waals surface area contributed by atoms with E-state index in [9.17, 15) is 34.5 Å². The monoisotopic (exact) mass is 853 g/mol. The van der Waals surface area contributed by atoms with Crippen molar-refractivity contribution in [1.82, 2.24) is 20.9 Å². The Balaban J connectivity index is 2.81. The maximum atomic E-state index is 14.0. The fraction of sp³-hybridized carbons (Fsp3) is 0.872. The quantitative estimate of drug-likeness (QED) is 0.0271. The van der Waals surface area contributed by atoms with E-state index in [1.165, 1.54) is 89.9 Å². The van der Waals surface area contributed by atoms with Crippen LogP contribution in [0.4, 0.5) is 4.79 Å². The number of hydrogen-bond donors (Lipinski definition) is 6. The smallest absolute Gasteiger partial charge is 0.408 e. The third-order valence-electron chi connectivity index (χ3n) is 11.0. The molecule has 0 aromatic rings. The standard InChI is InChI=1S/C47H88N4O9/c1-6-8-10-12-14-16-18-20-21-22-23-25-27-29-31-33-41(55)51(34-32-30-28-26-24-19-17-15-13-11-9-7-2)45-42(44(57)43(56)38(37-52)59-45)50-40(54)36-48-39(53)35-49-46(58)60-47(3,4)5/h20-21,38,42-45,52,56-57H,6-19,22-37H2,1-5H3,(H,48,53)(H,49,58)(H,50,54)/b21-20-/t38-,42-,43-,44-,45-/m1/s1. The number of alkyl carbamates (subject to hydrolysis) is 1. The number of hydrogen-bond acceptors (Lipinski definition) is 9. The van der Waals surface area contributed by atoms with Gasteiger partial charge in [-0.1, -0.05) is 148 Å². The van der Waals surface area contributed by atoms with Crippen LogP contribution < -0.4 is 16.0 Å². The zero-order valence-corrected chi connectivity index (χ0v) is 38.5. The summed E-state index contributed by atoms with van der Waals surface area (Å²) in [6.07, 6.45) is 27.5. The van der Waals surface area contributed by atoms with Gasteiger partial charge in [-0.2, -0.15) is 0 Å². The second-order valence-corrected chi connectivity index (χ2v) is 17.8. The van der Waals surface area contributed by atoms with E-state index < -0.39 is 73.8 Å². The molecule has 1 aliphatic heterocycles. The number of allylic oxidation sites excluding steroid dienone is 2. The third-order valence-corrected chi connectivity index (χ3v) is 11.0. The van der Waals surface area contributed by atoms with Crippen molar-refractivity contribution < 1.29 is 44.0 Å². The fourth-order valence-corrected chi connectivity index (χ4v) is 7.47. The minimum absolute atomic E-state index is 0.179. The average molecular weight is 853 g/mol. The lowest BCUT2D eigenvalue weighted by Crippen LogP contribution is -2.69. The van der Waals surface area contributed by atoms with Gasteiger partial charge in [0.05, 0.1) is 13.2 Å². The minimum Gasteiger partial charge on any atom is -0.444 e. The number of unbranched alkanes of at least 4 members (excludes halogenated alkanes) is 22. The number of amides is 4. The lowest BCUT2D eigenvalue weighted by Gasteiger charge is -2.47.